The van der Waals surface area contributed by atoms with Crippen molar-refractivity contribution in [3.05, 3.63) is 61.4 Å². The van der Waals surface area contributed by atoms with Gasteiger partial charge in [-0.1, -0.05) is 12.1 Å². The average molecular weight is 413 g/mol. The number of anilines is 3. The monoisotopic (exact) mass is 412 g/mol. The van der Waals surface area contributed by atoms with Crippen LogP contribution < -0.4 is 10.2 Å². The first-order valence-corrected chi connectivity index (χ1v) is 10.4. The van der Waals surface area contributed by atoms with Gasteiger partial charge in [0, 0.05) is 61.6 Å². The Balaban J connectivity index is 1.39. The first-order chi connectivity index (χ1) is 15.3. The van der Waals surface area contributed by atoms with Crippen molar-refractivity contribution in [3.8, 4) is 11.1 Å². The van der Waals surface area contributed by atoms with Crippen LogP contribution in [0.25, 0.3) is 22.0 Å². The summed E-state index contributed by atoms with van der Waals surface area (Å²) >= 11 is 0. The molecule has 1 aliphatic rings. The van der Waals surface area contributed by atoms with Crippen molar-refractivity contribution < 1.29 is 0 Å². The Morgan fingerprint density at radius 2 is 1.71 bits per heavy atom. The molecular formula is C23H24N8. The van der Waals surface area contributed by atoms with Gasteiger partial charge in [-0.05, 0) is 37.7 Å². The maximum Gasteiger partial charge on any atom is 0.225 e. The van der Waals surface area contributed by atoms with E-state index in [0.717, 1.165) is 66.3 Å². The second-order valence-electron chi connectivity index (χ2n) is 7.72. The second kappa shape index (κ2) is 8.61. The Morgan fingerprint density at radius 3 is 2.55 bits per heavy atom. The average Bonchev–Trinajstić information content (AvgIpc) is 3.04. The van der Waals surface area contributed by atoms with Gasteiger partial charge in [-0.3, -0.25) is 9.97 Å². The van der Waals surface area contributed by atoms with Crippen LogP contribution in [0.2, 0.25) is 0 Å². The van der Waals surface area contributed by atoms with E-state index in [1.165, 1.54) is 0 Å². The van der Waals surface area contributed by atoms with Gasteiger partial charge in [0.15, 0.2) is 0 Å². The molecule has 0 atom stereocenters. The van der Waals surface area contributed by atoms with Gasteiger partial charge >= 0.3 is 0 Å². The summed E-state index contributed by atoms with van der Waals surface area (Å²) < 4.78 is 0. The van der Waals surface area contributed by atoms with Crippen LogP contribution >= 0.6 is 0 Å². The largest absolute Gasteiger partial charge is 0.339 e. The maximum absolute atomic E-state index is 4.65. The van der Waals surface area contributed by atoms with Crippen molar-refractivity contribution in [2.45, 2.75) is 6.42 Å². The molecule has 8 nitrogen and oxygen atoms in total. The summed E-state index contributed by atoms with van der Waals surface area (Å²) in [5.41, 5.74) is 3.85. The molecule has 5 rings (SSSR count). The van der Waals surface area contributed by atoms with Crippen molar-refractivity contribution in [2.75, 3.05) is 43.4 Å². The number of fused-ring (bicyclic) bond motifs is 1. The first-order valence-electron chi connectivity index (χ1n) is 10.4. The number of hydrogen-bond donors (Lipinski definition) is 1. The molecule has 0 saturated carbocycles. The van der Waals surface area contributed by atoms with E-state index in [1.54, 1.807) is 24.8 Å². The Hall–Kier alpha value is -3.65. The lowest BCUT2D eigenvalue weighted by atomic mass is 10.1. The van der Waals surface area contributed by atoms with Crippen LogP contribution in [-0.2, 0) is 0 Å². The van der Waals surface area contributed by atoms with E-state index in [4.69, 9.17) is 0 Å². The number of hydrogen-bond acceptors (Lipinski definition) is 8. The Labute approximate surface area is 181 Å². The highest BCUT2D eigenvalue weighted by Crippen LogP contribution is 2.28. The number of rotatable bonds is 4. The van der Waals surface area contributed by atoms with Crippen molar-refractivity contribution >= 4 is 28.4 Å². The van der Waals surface area contributed by atoms with Crippen LogP contribution in [0.1, 0.15) is 6.42 Å². The summed E-state index contributed by atoms with van der Waals surface area (Å²) in [6, 6.07) is 8.14. The Morgan fingerprint density at radius 1 is 0.806 bits per heavy atom. The third kappa shape index (κ3) is 4.29. The zero-order chi connectivity index (χ0) is 21.0. The molecule has 0 amide bonds. The van der Waals surface area contributed by atoms with E-state index >= 15 is 0 Å². The molecule has 8 heteroatoms. The lowest BCUT2D eigenvalue weighted by Crippen LogP contribution is -2.30. The molecule has 1 fully saturated rings. The summed E-state index contributed by atoms with van der Waals surface area (Å²) in [7, 11) is 2.16. The van der Waals surface area contributed by atoms with E-state index in [0.29, 0.717) is 5.82 Å². The zero-order valence-electron chi connectivity index (χ0n) is 17.4. The number of aromatic nitrogens is 5. The highest BCUT2D eigenvalue weighted by Gasteiger charge is 2.15. The fraction of sp³-hybridized carbons (Fsp3) is 0.261. The van der Waals surface area contributed by atoms with Crippen LogP contribution in [0.15, 0.2) is 61.4 Å². The van der Waals surface area contributed by atoms with Crippen LogP contribution in [0.5, 0.6) is 0 Å². The topological polar surface area (TPSA) is 83.0 Å². The number of nitrogens with zero attached hydrogens (tertiary/aromatic N) is 7. The third-order valence-corrected chi connectivity index (χ3v) is 5.54. The molecule has 1 saturated heterocycles. The second-order valence-corrected chi connectivity index (χ2v) is 7.72. The molecule has 3 aromatic heterocycles. The minimum absolute atomic E-state index is 0.697. The predicted molar refractivity (Wildman–Crippen MR) is 122 cm³/mol. The Kier molecular flexibility index (Phi) is 5.37. The van der Waals surface area contributed by atoms with E-state index in [-0.39, 0.29) is 0 Å². The van der Waals surface area contributed by atoms with Gasteiger partial charge < -0.3 is 15.1 Å². The van der Waals surface area contributed by atoms with Crippen LogP contribution in [-0.4, -0.2) is 63.0 Å². The third-order valence-electron chi connectivity index (χ3n) is 5.54. The van der Waals surface area contributed by atoms with Crippen molar-refractivity contribution in [3.63, 3.8) is 0 Å². The van der Waals surface area contributed by atoms with Gasteiger partial charge in [0.25, 0.3) is 0 Å². The standard InChI is InChI=1S/C23H24N8/c1-30-9-2-10-31(12-11-30)23-27-14-18(15-28-23)17-3-4-19-20(5-6-25-21(19)13-17)29-22-16-24-7-8-26-22/h3-8,13-16H,2,9-12H2,1H3,(H,25,26,29). The van der Waals surface area contributed by atoms with Crippen LogP contribution in [0.4, 0.5) is 17.5 Å². The first kappa shape index (κ1) is 19.3. The van der Waals surface area contributed by atoms with Crippen molar-refractivity contribution in [1.82, 2.24) is 29.8 Å². The number of nitrogens with one attached hydrogen (secondary N) is 1. The molecule has 4 heterocycles. The highest BCUT2D eigenvalue weighted by molar-refractivity contribution is 5.94. The Bertz CT molecular complexity index is 1160. The molecule has 1 aliphatic heterocycles. The summed E-state index contributed by atoms with van der Waals surface area (Å²) in [5, 5.41) is 4.33. The lowest BCUT2D eigenvalue weighted by Gasteiger charge is -2.20. The van der Waals surface area contributed by atoms with Gasteiger partial charge in [0.2, 0.25) is 5.95 Å². The fourth-order valence-electron chi connectivity index (χ4n) is 3.82. The molecule has 1 aromatic carbocycles. The number of pyridine rings is 1. The molecule has 4 aromatic rings. The van der Waals surface area contributed by atoms with Crippen LogP contribution in [0, 0.1) is 0 Å². The van der Waals surface area contributed by atoms with Gasteiger partial charge in [0.1, 0.15) is 5.82 Å². The number of likely N-dealkylation sites (N-methyl/N-ethyl adjacent to an activating group) is 1. The molecule has 156 valence electrons. The smallest absolute Gasteiger partial charge is 0.225 e. The van der Waals surface area contributed by atoms with Crippen molar-refractivity contribution in [2.24, 2.45) is 0 Å². The molecular weight excluding hydrogens is 388 g/mol. The summed E-state index contributed by atoms with van der Waals surface area (Å²) in [4.78, 5) is 26.8. The quantitative estimate of drug-likeness (QED) is 0.546. The highest BCUT2D eigenvalue weighted by atomic mass is 15.3. The minimum Gasteiger partial charge on any atom is -0.339 e. The van der Waals surface area contributed by atoms with E-state index in [2.05, 4.69) is 65.3 Å². The van der Waals surface area contributed by atoms with E-state index < -0.39 is 0 Å². The SMILES string of the molecule is CN1CCCN(c2ncc(-c3ccc4c(Nc5cnccn5)ccnc4c3)cn2)CC1. The minimum atomic E-state index is 0.697. The van der Waals surface area contributed by atoms with Crippen LogP contribution in [0.3, 0.4) is 0 Å². The van der Waals surface area contributed by atoms with E-state index in [9.17, 15) is 0 Å². The molecule has 0 spiro atoms. The molecule has 0 bridgehead atoms. The number of benzene rings is 1. The maximum atomic E-state index is 4.65. The molecule has 31 heavy (non-hydrogen) atoms. The van der Waals surface area contributed by atoms with Gasteiger partial charge in [0.05, 0.1) is 17.4 Å². The van der Waals surface area contributed by atoms with Gasteiger partial charge in [-0.15, -0.1) is 0 Å². The van der Waals surface area contributed by atoms with Gasteiger partial charge in [-0.2, -0.15) is 0 Å². The summed E-state index contributed by atoms with van der Waals surface area (Å²) in [6.07, 6.45) is 11.7. The summed E-state index contributed by atoms with van der Waals surface area (Å²) in [6.45, 7) is 4.10. The summed E-state index contributed by atoms with van der Waals surface area (Å²) in [5.74, 6) is 1.50. The zero-order valence-corrected chi connectivity index (χ0v) is 17.4. The predicted octanol–water partition coefficient (Wildman–Crippen LogP) is 3.37. The molecule has 0 aliphatic carbocycles. The normalized spacial score (nSPS) is 15.1. The van der Waals surface area contributed by atoms with Crippen molar-refractivity contribution in [1.29, 1.82) is 0 Å². The molecule has 0 radical (unpaired) electrons. The van der Waals surface area contributed by atoms with E-state index in [1.807, 2.05) is 18.5 Å². The fourth-order valence-corrected chi connectivity index (χ4v) is 3.82. The van der Waals surface area contributed by atoms with Gasteiger partial charge in [-0.25, -0.2) is 15.0 Å². The lowest BCUT2D eigenvalue weighted by molar-refractivity contribution is 0.360. The molecule has 1 N–H and O–H groups in total. The molecule has 0 unspecified atom stereocenters.